The molecule has 3 N–H and O–H groups in total. The zero-order valence-corrected chi connectivity index (χ0v) is 21.1. The summed E-state index contributed by atoms with van der Waals surface area (Å²) in [6.45, 7) is 1.51. The summed E-state index contributed by atoms with van der Waals surface area (Å²) in [6, 6.07) is 7.32. The number of Topliss-reactive ketones (excluding diaryl/α,β-unsaturated/α-hetero) is 1. The maximum absolute atomic E-state index is 14.5. The van der Waals surface area contributed by atoms with Crippen LogP contribution in [0.3, 0.4) is 0 Å². The van der Waals surface area contributed by atoms with Gasteiger partial charge in [0.15, 0.2) is 23.1 Å². The minimum atomic E-state index is -1.38. The number of imide groups is 1. The number of anilines is 1. The Labute approximate surface area is 226 Å². The molecule has 1 heterocycles. The van der Waals surface area contributed by atoms with Gasteiger partial charge in [0.1, 0.15) is 11.3 Å². The maximum atomic E-state index is 14.5. The molecule has 2 aromatic carbocycles. The third-order valence-electron chi connectivity index (χ3n) is 8.36. The Balaban J connectivity index is 1.48. The van der Waals surface area contributed by atoms with Crippen LogP contribution >= 0.6 is 0 Å². The van der Waals surface area contributed by atoms with Gasteiger partial charge in [-0.05, 0) is 50.0 Å². The number of carboxylic acid groups (broad SMARTS) is 1. The normalized spacial score (nSPS) is 25.8. The number of fused-ring (bicyclic) bond motifs is 3. The topological polar surface area (TPSA) is 149 Å². The lowest BCUT2D eigenvalue weighted by Crippen LogP contribution is -2.39. The van der Waals surface area contributed by atoms with E-state index in [1.165, 1.54) is 31.2 Å². The fourth-order valence-electron chi connectivity index (χ4n) is 6.60. The molecule has 4 atom stereocenters. The van der Waals surface area contributed by atoms with Crippen LogP contribution in [0.25, 0.3) is 0 Å². The van der Waals surface area contributed by atoms with E-state index < -0.39 is 70.1 Å². The molecule has 10 heteroatoms. The van der Waals surface area contributed by atoms with Crippen LogP contribution in [0.15, 0.2) is 70.8 Å². The third kappa shape index (κ3) is 3.48. The van der Waals surface area contributed by atoms with Gasteiger partial charge >= 0.3 is 5.97 Å². The number of phenolic OH excluding ortho intramolecular Hbond substituents is 1. The number of nitrogens with zero attached hydrogens (tertiary/aromatic N) is 1. The van der Waals surface area contributed by atoms with E-state index in [4.69, 9.17) is 0 Å². The number of phenols is 2. The summed E-state index contributed by atoms with van der Waals surface area (Å²) in [4.78, 5) is 66.1. The van der Waals surface area contributed by atoms with Crippen molar-refractivity contribution in [1.29, 1.82) is 0 Å². The van der Waals surface area contributed by atoms with Gasteiger partial charge in [0.05, 0.1) is 17.5 Å². The number of halogens is 1. The molecule has 1 fully saturated rings. The second-order valence-corrected chi connectivity index (χ2v) is 10.4. The average Bonchev–Trinajstić information content (AvgIpc) is 3.17. The Bertz CT molecular complexity index is 1680. The first-order valence-electron chi connectivity index (χ1n) is 12.6. The van der Waals surface area contributed by atoms with Crippen molar-refractivity contribution in [2.45, 2.75) is 25.7 Å². The molecule has 4 unspecified atom stereocenters. The van der Waals surface area contributed by atoms with Gasteiger partial charge in [-0.25, -0.2) is 14.1 Å². The monoisotopic (exact) mass is 543 g/mol. The second-order valence-electron chi connectivity index (χ2n) is 10.4. The molecule has 2 amide bonds. The highest BCUT2D eigenvalue weighted by atomic mass is 19.1. The molecule has 0 saturated carbocycles. The molecule has 1 aliphatic heterocycles. The molecule has 40 heavy (non-hydrogen) atoms. The molecule has 0 spiro atoms. The number of hydrogen-bond acceptors (Lipinski definition) is 7. The summed E-state index contributed by atoms with van der Waals surface area (Å²) in [5.41, 5.74) is 0.753. The Kier molecular flexibility index (Phi) is 5.62. The summed E-state index contributed by atoms with van der Waals surface area (Å²) < 4.78 is 14.5. The molecule has 0 radical (unpaired) electrons. The van der Waals surface area contributed by atoms with E-state index in [1.807, 2.05) is 0 Å². The van der Waals surface area contributed by atoms with Crippen LogP contribution in [-0.4, -0.2) is 44.7 Å². The van der Waals surface area contributed by atoms with Crippen molar-refractivity contribution >= 4 is 35.0 Å². The number of allylic oxidation sites excluding steroid dienone is 6. The van der Waals surface area contributed by atoms with Gasteiger partial charge in [0, 0.05) is 34.3 Å². The molecule has 1 saturated heterocycles. The van der Waals surface area contributed by atoms with Gasteiger partial charge in [-0.15, -0.1) is 0 Å². The fraction of sp³-hybridized carbons (Fsp3) is 0.233. The van der Waals surface area contributed by atoms with Crippen LogP contribution in [0.5, 0.6) is 11.5 Å². The zero-order chi connectivity index (χ0) is 28.6. The van der Waals surface area contributed by atoms with Gasteiger partial charge in [0.25, 0.3) is 0 Å². The molecular weight excluding hydrogens is 521 g/mol. The first-order valence-corrected chi connectivity index (χ1v) is 12.6. The Morgan fingerprint density at radius 1 is 1.02 bits per heavy atom. The molecule has 202 valence electrons. The summed E-state index contributed by atoms with van der Waals surface area (Å²) in [6.07, 6.45) is 3.06. The van der Waals surface area contributed by atoms with Crippen molar-refractivity contribution in [3.8, 4) is 11.5 Å². The SMILES string of the molecule is CC1=CC(=O)C2=C(CC3C(=CCC4C(=O)N(c5ccc(C(=O)O)c(O)c5)C(=O)C43)C2c2cccc(F)c2O)C1=O. The van der Waals surface area contributed by atoms with E-state index in [-0.39, 0.29) is 46.6 Å². The van der Waals surface area contributed by atoms with E-state index in [0.29, 0.717) is 5.57 Å². The van der Waals surface area contributed by atoms with Gasteiger partial charge in [-0.2, -0.15) is 0 Å². The van der Waals surface area contributed by atoms with Crippen molar-refractivity contribution < 1.29 is 43.7 Å². The number of benzene rings is 2. The Hall–Kier alpha value is -4.86. The number of hydrogen-bond donors (Lipinski definition) is 3. The third-order valence-corrected chi connectivity index (χ3v) is 8.36. The standard InChI is InChI=1S/C30H22FNO8/c1-12-9-22(34)25-19(26(12)35)11-18-14(23(25)16-3-2-4-20(31)27(16)36)7-8-17-24(18)29(38)32(28(17)37)13-5-6-15(30(39)40)21(33)10-13/h2-7,9-10,17-18,23-24,33,36H,8,11H2,1H3,(H,39,40). The maximum Gasteiger partial charge on any atom is 0.339 e. The van der Waals surface area contributed by atoms with Gasteiger partial charge in [0.2, 0.25) is 11.8 Å². The van der Waals surface area contributed by atoms with Crippen LogP contribution in [0.2, 0.25) is 0 Å². The summed E-state index contributed by atoms with van der Waals surface area (Å²) in [5.74, 6) is -8.97. The fourth-order valence-corrected chi connectivity index (χ4v) is 6.60. The molecular formula is C30H22FNO8. The Morgan fingerprint density at radius 3 is 2.48 bits per heavy atom. The molecule has 4 aliphatic rings. The highest BCUT2D eigenvalue weighted by Gasteiger charge is 2.57. The van der Waals surface area contributed by atoms with E-state index >= 15 is 0 Å². The average molecular weight is 544 g/mol. The molecule has 9 nitrogen and oxygen atoms in total. The number of carbonyl (C=O) groups excluding carboxylic acids is 4. The quantitative estimate of drug-likeness (QED) is 0.302. The van der Waals surface area contributed by atoms with Crippen LogP contribution in [0.1, 0.15) is 41.6 Å². The molecule has 2 aromatic rings. The van der Waals surface area contributed by atoms with Gasteiger partial charge in [-0.1, -0.05) is 23.8 Å². The molecule has 0 aromatic heterocycles. The van der Waals surface area contributed by atoms with E-state index in [9.17, 15) is 43.7 Å². The summed E-state index contributed by atoms with van der Waals surface area (Å²) >= 11 is 0. The highest BCUT2D eigenvalue weighted by Crippen LogP contribution is 2.56. The summed E-state index contributed by atoms with van der Waals surface area (Å²) in [7, 11) is 0. The van der Waals surface area contributed by atoms with Crippen LogP contribution in [0, 0.1) is 23.6 Å². The lowest BCUT2D eigenvalue weighted by atomic mass is 9.59. The van der Waals surface area contributed by atoms with Gasteiger partial charge in [-0.3, -0.25) is 19.2 Å². The lowest BCUT2D eigenvalue weighted by molar-refractivity contribution is -0.123. The Morgan fingerprint density at radius 2 is 1.77 bits per heavy atom. The van der Waals surface area contributed by atoms with E-state index in [2.05, 4.69) is 0 Å². The number of rotatable bonds is 3. The van der Waals surface area contributed by atoms with E-state index in [1.54, 1.807) is 6.08 Å². The van der Waals surface area contributed by atoms with Crippen molar-refractivity contribution in [1.82, 2.24) is 0 Å². The number of amides is 2. The first-order chi connectivity index (χ1) is 19.0. The van der Waals surface area contributed by atoms with Crippen molar-refractivity contribution in [3.63, 3.8) is 0 Å². The van der Waals surface area contributed by atoms with Crippen molar-refractivity contribution in [2.24, 2.45) is 17.8 Å². The van der Waals surface area contributed by atoms with Crippen molar-refractivity contribution in [2.75, 3.05) is 4.90 Å². The smallest absolute Gasteiger partial charge is 0.339 e. The molecule has 3 aliphatic carbocycles. The highest BCUT2D eigenvalue weighted by molar-refractivity contribution is 6.25. The minimum absolute atomic E-state index is 0.000721. The second kappa shape index (κ2) is 8.84. The number of ketones is 2. The van der Waals surface area contributed by atoms with Crippen molar-refractivity contribution in [3.05, 3.63) is 87.8 Å². The minimum Gasteiger partial charge on any atom is -0.507 e. The summed E-state index contributed by atoms with van der Waals surface area (Å²) in [5, 5.41) is 30.1. The number of carboxylic acids is 1. The predicted octanol–water partition coefficient (Wildman–Crippen LogP) is 3.57. The molecule has 0 bridgehead atoms. The number of aromatic hydroxyl groups is 2. The largest absolute Gasteiger partial charge is 0.507 e. The number of para-hydroxylation sites is 1. The number of carbonyl (C=O) groups is 5. The zero-order valence-electron chi connectivity index (χ0n) is 21.1. The van der Waals surface area contributed by atoms with Crippen LogP contribution in [0.4, 0.5) is 10.1 Å². The van der Waals surface area contributed by atoms with E-state index in [0.717, 1.165) is 23.1 Å². The number of aromatic carboxylic acids is 1. The van der Waals surface area contributed by atoms with Gasteiger partial charge < -0.3 is 15.3 Å². The molecule has 6 rings (SSSR count). The predicted molar refractivity (Wildman–Crippen MR) is 137 cm³/mol. The lowest BCUT2D eigenvalue weighted by Gasteiger charge is -2.42. The van der Waals surface area contributed by atoms with Crippen LogP contribution in [-0.2, 0) is 19.2 Å². The first kappa shape index (κ1) is 25.4. The van der Waals surface area contributed by atoms with Crippen LogP contribution < -0.4 is 4.90 Å².